The van der Waals surface area contributed by atoms with Crippen LogP contribution < -0.4 is 0 Å². The zero-order chi connectivity index (χ0) is 13.7. The number of aliphatic hydroxyl groups is 1. The van der Waals surface area contributed by atoms with Crippen LogP contribution in [0, 0.1) is 6.92 Å². The van der Waals surface area contributed by atoms with E-state index in [4.69, 9.17) is 11.6 Å². The number of rotatable bonds is 4. The number of benzene rings is 1. The fourth-order valence-corrected chi connectivity index (χ4v) is 2.82. The maximum Gasteiger partial charge on any atom is 0.0802 e. The van der Waals surface area contributed by atoms with E-state index >= 15 is 0 Å². The summed E-state index contributed by atoms with van der Waals surface area (Å²) in [6.07, 6.45) is 5.75. The predicted molar refractivity (Wildman–Crippen MR) is 80.7 cm³/mol. The summed E-state index contributed by atoms with van der Waals surface area (Å²) in [7, 11) is 0. The van der Waals surface area contributed by atoms with E-state index in [2.05, 4.69) is 4.90 Å². The second-order valence-corrected chi connectivity index (χ2v) is 5.98. The van der Waals surface area contributed by atoms with E-state index in [1.807, 2.05) is 25.1 Å². The van der Waals surface area contributed by atoms with Crippen LogP contribution >= 0.6 is 11.6 Å². The third-order valence-corrected chi connectivity index (χ3v) is 4.41. The van der Waals surface area contributed by atoms with Crippen LogP contribution in [0.15, 0.2) is 18.2 Å². The monoisotopic (exact) mass is 281 g/mol. The maximum absolute atomic E-state index is 10.3. The number of halogens is 1. The molecule has 1 fully saturated rings. The van der Waals surface area contributed by atoms with Gasteiger partial charge in [-0.05, 0) is 56.5 Å². The van der Waals surface area contributed by atoms with Gasteiger partial charge in [0.15, 0.2) is 0 Å². The molecule has 2 rings (SSSR count). The zero-order valence-electron chi connectivity index (χ0n) is 11.7. The molecule has 2 nitrogen and oxygen atoms in total. The minimum Gasteiger partial charge on any atom is -0.388 e. The Labute approximate surface area is 121 Å². The highest BCUT2D eigenvalue weighted by Gasteiger charge is 2.13. The van der Waals surface area contributed by atoms with Gasteiger partial charge < -0.3 is 10.0 Å². The second-order valence-electron chi connectivity index (χ2n) is 5.57. The van der Waals surface area contributed by atoms with E-state index in [9.17, 15) is 5.11 Å². The van der Waals surface area contributed by atoms with Gasteiger partial charge in [0, 0.05) is 11.6 Å². The highest BCUT2D eigenvalue weighted by Crippen LogP contribution is 2.23. The molecule has 0 amide bonds. The molecule has 0 saturated carbocycles. The lowest BCUT2D eigenvalue weighted by Crippen LogP contribution is -2.26. The summed E-state index contributed by atoms with van der Waals surface area (Å²) in [5, 5.41) is 11.0. The van der Waals surface area contributed by atoms with E-state index in [1.54, 1.807) is 0 Å². The molecule has 1 aliphatic heterocycles. The summed E-state index contributed by atoms with van der Waals surface area (Å²) in [5.74, 6) is 0. The molecule has 3 heteroatoms. The van der Waals surface area contributed by atoms with Crippen LogP contribution in [0.1, 0.15) is 49.3 Å². The summed E-state index contributed by atoms with van der Waals surface area (Å²) in [6.45, 7) is 5.34. The molecule has 1 aliphatic rings. The first kappa shape index (κ1) is 14.8. The molecule has 1 unspecified atom stereocenters. The molecular formula is C16H24ClNO. The molecule has 0 aliphatic carbocycles. The summed E-state index contributed by atoms with van der Waals surface area (Å²) in [6, 6.07) is 5.80. The first-order valence-electron chi connectivity index (χ1n) is 7.33. The Morgan fingerprint density at radius 1 is 1.21 bits per heavy atom. The number of likely N-dealkylation sites (tertiary alicyclic amines) is 1. The zero-order valence-corrected chi connectivity index (χ0v) is 12.5. The predicted octanol–water partition coefficient (Wildman–Crippen LogP) is 3.95. The van der Waals surface area contributed by atoms with Crippen LogP contribution in [0.3, 0.4) is 0 Å². The van der Waals surface area contributed by atoms with Crippen molar-refractivity contribution in [1.29, 1.82) is 0 Å². The molecule has 0 bridgehead atoms. The van der Waals surface area contributed by atoms with Gasteiger partial charge in [-0.2, -0.15) is 0 Å². The van der Waals surface area contributed by atoms with Crippen molar-refractivity contribution in [3.8, 4) is 0 Å². The second kappa shape index (κ2) is 7.28. The summed E-state index contributed by atoms with van der Waals surface area (Å²) in [4.78, 5) is 2.49. The van der Waals surface area contributed by atoms with E-state index in [0.29, 0.717) is 0 Å². The standard InChI is InChI=1S/C16H24ClNO/c1-13-12-14(6-7-15(13)17)16(19)8-11-18-9-4-2-3-5-10-18/h6-7,12,16,19H,2-5,8-11H2,1H3. The molecule has 106 valence electrons. The smallest absolute Gasteiger partial charge is 0.0802 e. The van der Waals surface area contributed by atoms with Crippen LogP contribution in [0.2, 0.25) is 5.02 Å². The lowest BCUT2D eigenvalue weighted by atomic mass is 10.0. The number of hydrogen-bond acceptors (Lipinski definition) is 2. The van der Waals surface area contributed by atoms with Crippen LogP contribution in [0.25, 0.3) is 0 Å². The largest absolute Gasteiger partial charge is 0.388 e. The molecule has 0 spiro atoms. The number of hydrogen-bond donors (Lipinski definition) is 1. The van der Waals surface area contributed by atoms with Gasteiger partial charge >= 0.3 is 0 Å². The fourth-order valence-electron chi connectivity index (χ4n) is 2.71. The van der Waals surface area contributed by atoms with Crippen molar-refractivity contribution in [3.05, 3.63) is 34.3 Å². The molecule has 0 radical (unpaired) electrons. The van der Waals surface area contributed by atoms with Crippen LogP contribution in [0.4, 0.5) is 0 Å². The van der Waals surface area contributed by atoms with Gasteiger partial charge in [-0.3, -0.25) is 0 Å². The molecule has 0 aromatic heterocycles. The van der Waals surface area contributed by atoms with Crippen LogP contribution in [-0.2, 0) is 0 Å². The Kier molecular flexibility index (Phi) is 5.68. The quantitative estimate of drug-likeness (QED) is 0.903. The van der Waals surface area contributed by atoms with Gasteiger partial charge in [0.2, 0.25) is 0 Å². The minimum absolute atomic E-state index is 0.376. The molecule has 1 N–H and O–H groups in total. The van der Waals surface area contributed by atoms with Gasteiger partial charge in [0.05, 0.1) is 6.10 Å². The van der Waals surface area contributed by atoms with Crippen molar-refractivity contribution in [3.63, 3.8) is 0 Å². The Balaban J connectivity index is 1.85. The SMILES string of the molecule is Cc1cc(C(O)CCN2CCCCCC2)ccc1Cl. The molecule has 1 atom stereocenters. The molecule has 1 aromatic rings. The van der Waals surface area contributed by atoms with E-state index < -0.39 is 0 Å². The van der Waals surface area contributed by atoms with Crippen molar-refractivity contribution in [2.45, 2.75) is 45.1 Å². The molecular weight excluding hydrogens is 258 g/mol. The maximum atomic E-state index is 10.3. The third-order valence-electron chi connectivity index (χ3n) is 3.98. The highest BCUT2D eigenvalue weighted by atomic mass is 35.5. The van der Waals surface area contributed by atoms with Gasteiger partial charge in [0.25, 0.3) is 0 Å². The van der Waals surface area contributed by atoms with Gasteiger partial charge in [-0.1, -0.05) is 36.6 Å². The van der Waals surface area contributed by atoms with Crippen molar-refractivity contribution in [2.24, 2.45) is 0 Å². The Morgan fingerprint density at radius 3 is 2.53 bits per heavy atom. The van der Waals surface area contributed by atoms with E-state index in [-0.39, 0.29) is 6.10 Å². The lowest BCUT2D eigenvalue weighted by Gasteiger charge is -2.21. The first-order valence-corrected chi connectivity index (χ1v) is 7.71. The summed E-state index contributed by atoms with van der Waals surface area (Å²) >= 11 is 6.01. The lowest BCUT2D eigenvalue weighted by molar-refractivity contribution is 0.143. The van der Waals surface area contributed by atoms with Crippen LogP contribution in [-0.4, -0.2) is 29.6 Å². The van der Waals surface area contributed by atoms with Crippen molar-refractivity contribution in [1.82, 2.24) is 4.90 Å². The Bertz CT molecular complexity index is 400. The van der Waals surface area contributed by atoms with Gasteiger partial charge in [-0.15, -0.1) is 0 Å². The van der Waals surface area contributed by atoms with Gasteiger partial charge in [0.1, 0.15) is 0 Å². The molecule has 1 heterocycles. The summed E-state index contributed by atoms with van der Waals surface area (Å²) in [5.41, 5.74) is 2.02. The van der Waals surface area contributed by atoms with Crippen molar-refractivity contribution < 1.29 is 5.11 Å². The number of aliphatic hydroxyl groups excluding tert-OH is 1. The number of nitrogens with zero attached hydrogens (tertiary/aromatic N) is 1. The van der Waals surface area contributed by atoms with E-state index in [0.717, 1.165) is 29.1 Å². The molecule has 19 heavy (non-hydrogen) atoms. The molecule has 1 saturated heterocycles. The normalized spacial score (nSPS) is 19.1. The van der Waals surface area contributed by atoms with Crippen molar-refractivity contribution >= 4 is 11.6 Å². The van der Waals surface area contributed by atoms with Gasteiger partial charge in [-0.25, -0.2) is 0 Å². The van der Waals surface area contributed by atoms with Crippen molar-refractivity contribution in [2.75, 3.05) is 19.6 Å². The minimum atomic E-state index is -0.376. The topological polar surface area (TPSA) is 23.5 Å². The fraction of sp³-hybridized carbons (Fsp3) is 0.625. The number of aryl methyl sites for hydroxylation is 1. The average Bonchev–Trinajstić information content (AvgIpc) is 2.67. The summed E-state index contributed by atoms with van der Waals surface area (Å²) < 4.78 is 0. The van der Waals surface area contributed by atoms with E-state index in [1.165, 1.54) is 38.8 Å². The first-order chi connectivity index (χ1) is 9.16. The third kappa shape index (κ3) is 4.48. The average molecular weight is 282 g/mol. The highest BCUT2D eigenvalue weighted by molar-refractivity contribution is 6.31. The van der Waals surface area contributed by atoms with Crippen LogP contribution in [0.5, 0.6) is 0 Å². The Hall–Kier alpha value is -0.570. The Morgan fingerprint density at radius 2 is 1.89 bits per heavy atom. The molecule has 1 aromatic carbocycles.